The minimum absolute atomic E-state index is 0.110. The number of carboxylic acid groups (broad SMARTS) is 1. The summed E-state index contributed by atoms with van der Waals surface area (Å²) in [6, 6.07) is 0. The van der Waals surface area contributed by atoms with Crippen LogP contribution >= 0.6 is 8.03 Å². The molecule has 0 aromatic rings. The van der Waals surface area contributed by atoms with Crippen molar-refractivity contribution >= 4 is 14.0 Å². The van der Waals surface area contributed by atoms with E-state index in [4.69, 9.17) is 10.00 Å². The molecular weight excluding hydrogens is 159 g/mol. The highest BCUT2D eigenvalue weighted by atomic mass is 31.1. The van der Waals surface area contributed by atoms with Gasteiger partial charge in [-0.15, -0.1) is 0 Å². The Bertz CT molecular complexity index is 131. The van der Waals surface area contributed by atoms with Gasteiger partial charge >= 0.3 is 19.8 Å². The molecule has 0 rings (SSSR count). The molecule has 0 aliphatic rings. The number of rotatable bonds is 4. The largest absolute Gasteiger partial charge is 0.550 e. The fourth-order valence-corrected chi connectivity index (χ4v) is 0.853. The quantitative estimate of drug-likeness (QED) is 0.583. The van der Waals surface area contributed by atoms with Gasteiger partial charge < -0.3 is 9.84 Å². The summed E-state index contributed by atoms with van der Waals surface area (Å²) < 4.78 is 14.6. The second-order valence-electron chi connectivity index (χ2n) is 1.45. The smallest absolute Gasteiger partial charge is 0.476 e. The molecule has 0 spiro atoms. The summed E-state index contributed by atoms with van der Waals surface area (Å²) in [6.07, 6.45) is 0. The molecule has 6 heteroatoms. The molecule has 0 amide bonds. The fourth-order valence-electron chi connectivity index (χ4n) is 0.387. The van der Waals surface area contributed by atoms with Crippen LogP contribution in [0.5, 0.6) is 0 Å². The zero-order valence-corrected chi connectivity index (χ0v) is 6.25. The van der Waals surface area contributed by atoms with E-state index in [1.54, 1.807) is 6.92 Å². The summed E-state index contributed by atoms with van der Waals surface area (Å²) in [5.41, 5.74) is 0. The molecule has 0 aromatic carbocycles. The van der Waals surface area contributed by atoms with Crippen LogP contribution in [0.3, 0.4) is 0 Å². The zero-order chi connectivity index (χ0) is 8.15. The van der Waals surface area contributed by atoms with Crippen molar-refractivity contribution in [3.8, 4) is 0 Å². The van der Waals surface area contributed by atoms with Crippen LogP contribution in [0.2, 0.25) is 0 Å². The SMILES string of the molecule is CCO[C@H](C(=O)O)[P+](=O)O. The molecule has 10 heavy (non-hydrogen) atoms. The van der Waals surface area contributed by atoms with Gasteiger partial charge in [-0.2, -0.15) is 4.89 Å². The van der Waals surface area contributed by atoms with Gasteiger partial charge in [0.2, 0.25) is 0 Å². The lowest BCUT2D eigenvalue weighted by molar-refractivity contribution is -0.144. The predicted octanol–water partition coefficient (Wildman–Crippen LogP) is 0.168. The third-order valence-electron chi connectivity index (χ3n) is 0.736. The molecule has 0 saturated carbocycles. The van der Waals surface area contributed by atoms with Crippen LogP contribution < -0.4 is 0 Å². The monoisotopic (exact) mass is 167 g/mol. The molecule has 0 fully saturated rings. The highest BCUT2D eigenvalue weighted by molar-refractivity contribution is 7.40. The summed E-state index contributed by atoms with van der Waals surface area (Å²) in [4.78, 5) is 18.4. The van der Waals surface area contributed by atoms with Crippen molar-refractivity contribution in [1.29, 1.82) is 0 Å². The summed E-state index contributed by atoms with van der Waals surface area (Å²) in [5.74, 6) is -2.99. The van der Waals surface area contributed by atoms with Crippen LogP contribution in [0.25, 0.3) is 0 Å². The average Bonchev–Trinajstić information content (AvgIpc) is 1.81. The van der Waals surface area contributed by atoms with Crippen molar-refractivity contribution in [1.82, 2.24) is 0 Å². The van der Waals surface area contributed by atoms with Crippen LogP contribution in [0.15, 0.2) is 0 Å². The Morgan fingerprint density at radius 1 is 1.80 bits per heavy atom. The van der Waals surface area contributed by atoms with Crippen molar-refractivity contribution in [2.24, 2.45) is 0 Å². The van der Waals surface area contributed by atoms with E-state index in [9.17, 15) is 9.36 Å². The van der Waals surface area contributed by atoms with Crippen molar-refractivity contribution in [2.75, 3.05) is 6.61 Å². The summed E-state index contributed by atoms with van der Waals surface area (Å²) in [6.45, 7) is 1.66. The molecule has 5 nitrogen and oxygen atoms in total. The molecule has 2 atom stereocenters. The summed E-state index contributed by atoms with van der Waals surface area (Å²) >= 11 is 0. The Morgan fingerprint density at radius 2 is 2.30 bits per heavy atom. The Balaban J connectivity index is 3.98. The second kappa shape index (κ2) is 4.33. The number of ether oxygens (including phenoxy) is 1. The number of hydrogen-bond acceptors (Lipinski definition) is 3. The molecule has 0 saturated heterocycles. The Hall–Kier alpha value is -0.510. The maximum Gasteiger partial charge on any atom is 0.550 e. The third-order valence-corrected chi connectivity index (χ3v) is 1.51. The van der Waals surface area contributed by atoms with E-state index in [0.717, 1.165) is 0 Å². The second-order valence-corrected chi connectivity index (χ2v) is 2.52. The Morgan fingerprint density at radius 3 is 2.40 bits per heavy atom. The first kappa shape index (κ1) is 9.49. The highest BCUT2D eigenvalue weighted by Crippen LogP contribution is 2.23. The maximum absolute atomic E-state index is 10.2. The fraction of sp³-hybridized carbons (Fsp3) is 0.750. The van der Waals surface area contributed by atoms with Gasteiger partial charge in [-0.1, -0.05) is 0 Å². The van der Waals surface area contributed by atoms with Crippen molar-refractivity contribution in [3.05, 3.63) is 0 Å². The molecule has 0 aliphatic heterocycles. The molecule has 0 bridgehead atoms. The molecule has 0 heterocycles. The minimum Gasteiger partial charge on any atom is -0.476 e. The van der Waals surface area contributed by atoms with E-state index in [1.807, 2.05) is 0 Å². The lowest BCUT2D eigenvalue weighted by Gasteiger charge is -1.96. The molecule has 0 aromatic heterocycles. The zero-order valence-electron chi connectivity index (χ0n) is 5.35. The van der Waals surface area contributed by atoms with Gasteiger partial charge in [0.25, 0.3) is 0 Å². The number of aliphatic carboxylic acids is 1. The third kappa shape index (κ3) is 2.87. The van der Waals surface area contributed by atoms with E-state index in [0.29, 0.717) is 0 Å². The molecule has 1 unspecified atom stereocenters. The molecule has 58 valence electrons. The highest BCUT2D eigenvalue weighted by Gasteiger charge is 2.37. The first-order chi connectivity index (χ1) is 4.59. The molecule has 2 N–H and O–H groups in total. The van der Waals surface area contributed by atoms with Gasteiger partial charge in [-0.05, 0) is 11.5 Å². The normalized spacial score (nSPS) is 14.4. The standard InChI is InChI=1S/C4H7O5P/c1-2-9-4(3(5)6)10(7)8/h4H,2H2,1H3,(H-,5,6,7,8)/p+1/t4-/m0/s1. The topological polar surface area (TPSA) is 83.8 Å². The minimum atomic E-state index is -2.78. The van der Waals surface area contributed by atoms with Crippen LogP contribution in [-0.4, -0.2) is 28.4 Å². The van der Waals surface area contributed by atoms with Crippen LogP contribution in [0.1, 0.15) is 6.92 Å². The van der Waals surface area contributed by atoms with Gasteiger partial charge in [-0.3, -0.25) is 0 Å². The van der Waals surface area contributed by atoms with Crippen molar-refractivity contribution in [3.63, 3.8) is 0 Å². The predicted molar refractivity (Wildman–Crippen MR) is 32.9 cm³/mol. The van der Waals surface area contributed by atoms with Crippen molar-refractivity contribution in [2.45, 2.75) is 12.8 Å². The van der Waals surface area contributed by atoms with Gasteiger partial charge in [0.1, 0.15) is 0 Å². The van der Waals surface area contributed by atoms with Gasteiger partial charge in [0.05, 0.1) is 0 Å². The van der Waals surface area contributed by atoms with E-state index in [2.05, 4.69) is 4.74 Å². The number of carboxylic acids is 1. The molecule has 0 aliphatic carbocycles. The van der Waals surface area contributed by atoms with Crippen LogP contribution in [-0.2, 0) is 14.1 Å². The van der Waals surface area contributed by atoms with Crippen LogP contribution in [0.4, 0.5) is 0 Å². The van der Waals surface area contributed by atoms with Gasteiger partial charge in [0.15, 0.2) is 0 Å². The molecule has 0 radical (unpaired) electrons. The van der Waals surface area contributed by atoms with E-state index >= 15 is 0 Å². The summed E-state index contributed by atoms with van der Waals surface area (Å²) in [7, 11) is -2.78. The number of hydrogen-bond donors (Lipinski definition) is 2. The van der Waals surface area contributed by atoms with E-state index in [-0.39, 0.29) is 6.61 Å². The van der Waals surface area contributed by atoms with Gasteiger partial charge in [-0.25, -0.2) is 4.79 Å². The number of carbonyl (C=O) groups is 1. The van der Waals surface area contributed by atoms with E-state index < -0.39 is 19.8 Å². The lowest BCUT2D eigenvalue weighted by atomic mass is 10.7. The maximum atomic E-state index is 10.2. The lowest BCUT2D eigenvalue weighted by Crippen LogP contribution is -2.19. The van der Waals surface area contributed by atoms with Crippen molar-refractivity contribution < 1.29 is 24.1 Å². The summed E-state index contributed by atoms with van der Waals surface area (Å²) in [5, 5.41) is 8.21. The van der Waals surface area contributed by atoms with E-state index in [1.165, 1.54) is 0 Å². The van der Waals surface area contributed by atoms with Crippen LogP contribution in [0, 0.1) is 0 Å². The Kier molecular flexibility index (Phi) is 4.11. The first-order valence-corrected chi connectivity index (χ1v) is 3.87. The Labute approximate surface area is 58.5 Å². The van der Waals surface area contributed by atoms with Gasteiger partial charge in [0, 0.05) is 6.61 Å². The average molecular weight is 167 g/mol. The first-order valence-electron chi connectivity index (χ1n) is 2.59. The molecular formula is C4H8O5P+.